The molecule has 0 bridgehead atoms. The topological polar surface area (TPSA) is 61.7 Å². The van der Waals surface area contributed by atoms with Crippen LogP contribution in [0.15, 0.2) is 6.33 Å². The van der Waals surface area contributed by atoms with Crippen molar-refractivity contribution in [2.45, 2.75) is 57.9 Å². The highest BCUT2D eigenvalue weighted by Crippen LogP contribution is 2.40. The molecule has 2 heterocycles. The van der Waals surface area contributed by atoms with Gasteiger partial charge in [-0.05, 0) is 56.4 Å². The van der Waals surface area contributed by atoms with Crippen molar-refractivity contribution in [3.8, 4) is 0 Å². The van der Waals surface area contributed by atoms with E-state index in [4.69, 9.17) is 5.41 Å². The highest BCUT2D eigenvalue weighted by Gasteiger charge is 2.24. The third kappa shape index (κ3) is 2.51. The molecule has 2 aliphatic carbocycles. The first kappa shape index (κ1) is 14.1. The van der Waals surface area contributed by atoms with Gasteiger partial charge in [-0.1, -0.05) is 6.92 Å². The molecule has 1 fully saturated rings. The van der Waals surface area contributed by atoms with Crippen molar-refractivity contribution in [2.24, 2.45) is 5.92 Å². The first-order chi connectivity index (χ1) is 10.7. The number of aryl methyl sites for hydroxylation is 1. The van der Waals surface area contributed by atoms with Crippen molar-refractivity contribution in [1.29, 1.82) is 5.41 Å². The molecular weight excluding hydrogens is 292 g/mol. The SMILES string of the molecule is C[C@@H]1CCc2sc3ncnc(NC4CCC(=N)CC4)c3c2C1. The molecule has 1 atom stereocenters. The molecule has 2 aliphatic rings. The lowest BCUT2D eigenvalue weighted by Gasteiger charge is -2.25. The minimum absolute atomic E-state index is 0.448. The number of nitrogens with one attached hydrogen (secondary N) is 2. The van der Waals surface area contributed by atoms with E-state index < -0.39 is 0 Å². The zero-order chi connectivity index (χ0) is 15.1. The summed E-state index contributed by atoms with van der Waals surface area (Å²) < 4.78 is 0. The fourth-order valence-corrected chi connectivity index (χ4v) is 4.88. The van der Waals surface area contributed by atoms with Gasteiger partial charge in [0.05, 0.1) is 5.39 Å². The van der Waals surface area contributed by atoms with Crippen LogP contribution in [0, 0.1) is 11.3 Å². The Balaban J connectivity index is 1.68. The molecule has 116 valence electrons. The Morgan fingerprint density at radius 2 is 2.00 bits per heavy atom. The molecule has 0 aliphatic heterocycles. The number of hydrogen-bond donors (Lipinski definition) is 2. The molecule has 2 aromatic rings. The van der Waals surface area contributed by atoms with Crippen LogP contribution in [-0.2, 0) is 12.8 Å². The van der Waals surface area contributed by atoms with Gasteiger partial charge in [0.25, 0.3) is 0 Å². The molecule has 0 aromatic carbocycles. The van der Waals surface area contributed by atoms with E-state index in [0.29, 0.717) is 6.04 Å². The lowest BCUT2D eigenvalue weighted by molar-refractivity contribution is 0.508. The molecule has 2 aromatic heterocycles. The summed E-state index contributed by atoms with van der Waals surface area (Å²) >= 11 is 1.85. The quantitative estimate of drug-likeness (QED) is 0.873. The Morgan fingerprint density at radius 3 is 2.82 bits per heavy atom. The van der Waals surface area contributed by atoms with Crippen molar-refractivity contribution < 1.29 is 0 Å². The Bertz CT molecular complexity index is 711. The molecule has 2 N–H and O–H groups in total. The fraction of sp³-hybridized carbons (Fsp3) is 0.588. The van der Waals surface area contributed by atoms with Crippen LogP contribution in [0.4, 0.5) is 5.82 Å². The van der Waals surface area contributed by atoms with E-state index in [0.717, 1.165) is 54.4 Å². The van der Waals surface area contributed by atoms with Crippen molar-refractivity contribution in [1.82, 2.24) is 9.97 Å². The Morgan fingerprint density at radius 1 is 1.18 bits per heavy atom. The third-order valence-corrected chi connectivity index (χ3v) is 6.22. The normalized spacial score (nSPS) is 25.2. The van der Waals surface area contributed by atoms with Crippen LogP contribution in [0.3, 0.4) is 0 Å². The highest BCUT2D eigenvalue weighted by atomic mass is 32.1. The molecule has 4 rings (SSSR count). The zero-order valence-electron chi connectivity index (χ0n) is 13.0. The first-order valence-electron chi connectivity index (χ1n) is 8.29. The summed E-state index contributed by atoms with van der Waals surface area (Å²) in [4.78, 5) is 11.7. The highest BCUT2D eigenvalue weighted by molar-refractivity contribution is 7.19. The number of anilines is 1. The van der Waals surface area contributed by atoms with Crippen LogP contribution >= 0.6 is 11.3 Å². The second-order valence-corrected chi connectivity index (χ2v) is 7.86. The lowest BCUT2D eigenvalue weighted by Crippen LogP contribution is -2.26. The van der Waals surface area contributed by atoms with Crippen LogP contribution in [0.2, 0.25) is 0 Å². The van der Waals surface area contributed by atoms with Gasteiger partial charge in [-0.2, -0.15) is 0 Å². The third-order valence-electron chi connectivity index (χ3n) is 5.02. The Hall–Kier alpha value is -1.49. The smallest absolute Gasteiger partial charge is 0.138 e. The van der Waals surface area contributed by atoms with E-state index in [2.05, 4.69) is 22.2 Å². The lowest BCUT2D eigenvalue weighted by atomic mass is 9.88. The van der Waals surface area contributed by atoms with Gasteiger partial charge in [0.2, 0.25) is 0 Å². The summed E-state index contributed by atoms with van der Waals surface area (Å²) in [5, 5.41) is 12.7. The molecule has 1 saturated carbocycles. The average molecular weight is 314 g/mol. The van der Waals surface area contributed by atoms with Gasteiger partial charge < -0.3 is 10.7 Å². The summed E-state index contributed by atoms with van der Waals surface area (Å²) in [7, 11) is 0. The molecule has 4 nitrogen and oxygen atoms in total. The summed E-state index contributed by atoms with van der Waals surface area (Å²) in [5.41, 5.74) is 2.39. The summed E-state index contributed by atoms with van der Waals surface area (Å²) in [6, 6.07) is 0.448. The molecule has 0 spiro atoms. The summed E-state index contributed by atoms with van der Waals surface area (Å²) in [6.07, 6.45) is 9.28. The standard InChI is InChI=1S/C17H22N4S/c1-10-2-7-14-13(8-10)15-16(19-9-20-17(15)22-14)21-12-5-3-11(18)4-6-12/h9-10,12,18H,2-8H2,1H3,(H,19,20,21)/t10-,12?/m1/s1. The van der Waals surface area contributed by atoms with Gasteiger partial charge in [-0.15, -0.1) is 11.3 Å². The minimum Gasteiger partial charge on any atom is -0.367 e. The van der Waals surface area contributed by atoms with Gasteiger partial charge in [-0.3, -0.25) is 0 Å². The average Bonchev–Trinajstić information content (AvgIpc) is 2.88. The number of aromatic nitrogens is 2. The van der Waals surface area contributed by atoms with E-state index in [1.807, 2.05) is 11.3 Å². The molecule has 22 heavy (non-hydrogen) atoms. The number of fused-ring (bicyclic) bond motifs is 3. The Kier molecular flexibility index (Phi) is 3.60. The van der Waals surface area contributed by atoms with Gasteiger partial charge in [-0.25, -0.2) is 9.97 Å². The van der Waals surface area contributed by atoms with Crippen molar-refractivity contribution in [2.75, 3.05) is 5.32 Å². The molecule has 0 saturated heterocycles. The second kappa shape index (κ2) is 5.61. The fourth-order valence-electron chi connectivity index (χ4n) is 3.70. The monoisotopic (exact) mass is 314 g/mol. The summed E-state index contributed by atoms with van der Waals surface area (Å²) in [6.45, 7) is 2.34. The minimum atomic E-state index is 0.448. The molecule has 0 unspecified atom stereocenters. The van der Waals surface area contributed by atoms with Crippen LogP contribution in [-0.4, -0.2) is 21.7 Å². The van der Waals surface area contributed by atoms with Crippen molar-refractivity contribution in [3.63, 3.8) is 0 Å². The van der Waals surface area contributed by atoms with E-state index in [1.165, 1.54) is 28.7 Å². The molecule has 0 radical (unpaired) electrons. The largest absolute Gasteiger partial charge is 0.367 e. The van der Waals surface area contributed by atoms with E-state index >= 15 is 0 Å². The predicted octanol–water partition coefficient (Wildman–Crippen LogP) is 4.19. The molecule has 0 amide bonds. The number of hydrogen-bond acceptors (Lipinski definition) is 5. The van der Waals surface area contributed by atoms with Crippen LogP contribution in [0.5, 0.6) is 0 Å². The second-order valence-electron chi connectivity index (χ2n) is 6.78. The van der Waals surface area contributed by atoms with Gasteiger partial charge in [0.15, 0.2) is 0 Å². The van der Waals surface area contributed by atoms with Crippen LogP contribution < -0.4 is 5.32 Å². The maximum Gasteiger partial charge on any atom is 0.138 e. The van der Waals surface area contributed by atoms with Gasteiger partial charge >= 0.3 is 0 Å². The van der Waals surface area contributed by atoms with Crippen LogP contribution in [0.25, 0.3) is 10.2 Å². The van der Waals surface area contributed by atoms with Crippen LogP contribution in [0.1, 0.15) is 49.5 Å². The first-order valence-corrected chi connectivity index (χ1v) is 9.10. The van der Waals surface area contributed by atoms with E-state index in [9.17, 15) is 0 Å². The maximum atomic E-state index is 7.76. The van der Waals surface area contributed by atoms with Gasteiger partial charge in [0, 0.05) is 16.6 Å². The predicted molar refractivity (Wildman–Crippen MR) is 92.2 cm³/mol. The number of thiophene rings is 1. The zero-order valence-corrected chi connectivity index (χ0v) is 13.8. The van der Waals surface area contributed by atoms with Crippen molar-refractivity contribution >= 4 is 33.1 Å². The van der Waals surface area contributed by atoms with E-state index in [-0.39, 0.29) is 0 Å². The molecular formula is C17H22N4S. The number of nitrogens with zero attached hydrogens (tertiary/aromatic N) is 2. The van der Waals surface area contributed by atoms with E-state index in [1.54, 1.807) is 6.33 Å². The number of rotatable bonds is 2. The molecule has 5 heteroatoms. The van der Waals surface area contributed by atoms with Gasteiger partial charge in [0.1, 0.15) is 17.0 Å². The Labute approximate surface area is 134 Å². The maximum absolute atomic E-state index is 7.76. The van der Waals surface area contributed by atoms with Crippen molar-refractivity contribution in [3.05, 3.63) is 16.8 Å². The summed E-state index contributed by atoms with van der Waals surface area (Å²) in [5.74, 6) is 1.78.